The van der Waals surface area contributed by atoms with Crippen molar-refractivity contribution in [2.75, 3.05) is 18.9 Å². The number of halogens is 1. The van der Waals surface area contributed by atoms with Gasteiger partial charge in [0.1, 0.15) is 5.84 Å². The summed E-state index contributed by atoms with van der Waals surface area (Å²) in [7, 11) is 1.47. The number of fused-ring (bicyclic) bond motifs is 1. The molecule has 0 saturated carbocycles. The largest absolute Gasteiger partial charge is 0.350 e. The minimum Gasteiger partial charge on any atom is -0.283 e. The van der Waals surface area contributed by atoms with Crippen LogP contribution in [0.3, 0.4) is 0 Å². The third kappa shape index (κ3) is 1.97. The van der Waals surface area contributed by atoms with Gasteiger partial charge in [0.15, 0.2) is 0 Å². The molecule has 1 N–H and O–H groups in total. The Labute approximate surface area is 108 Å². The molecule has 2 aliphatic rings. The van der Waals surface area contributed by atoms with E-state index < -0.39 is 6.29 Å². The average molecular weight is 304 g/mol. The van der Waals surface area contributed by atoms with E-state index in [1.165, 1.54) is 12.1 Å². The number of alkyl halides is 1. The minimum atomic E-state index is -0.551. The van der Waals surface area contributed by atoms with Crippen LogP contribution in [0, 0.1) is 0 Å². The molecule has 8 heteroatoms. The smallest absolute Gasteiger partial charge is 0.283 e. The lowest BCUT2D eigenvalue weighted by atomic mass is 10.4. The van der Waals surface area contributed by atoms with Crippen molar-refractivity contribution in [2.24, 2.45) is 4.99 Å². The fourth-order valence-corrected chi connectivity index (χ4v) is 2.07. The van der Waals surface area contributed by atoms with Crippen molar-refractivity contribution >= 4 is 33.8 Å². The van der Waals surface area contributed by atoms with Gasteiger partial charge in [0, 0.05) is 18.9 Å². The first-order chi connectivity index (χ1) is 8.06. The Morgan fingerprint density at radius 3 is 2.76 bits per heavy atom. The number of urea groups is 2. The van der Waals surface area contributed by atoms with Gasteiger partial charge in [-0.25, -0.2) is 19.5 Å². The Hall–Kier alpha value is -1.31. The Balaban J connectivity index is 2.23. The molecular weight excluding hydrogens is 290 g/mol. The third-order valence-electron chi connectivity index (χ3n) is 2.66. The van der Waals surface area contributed by atoms with Gasteiger partial charge in [-0.2, -0.15) is 5.01 Å². The van der Waals surface area contributed by atoms with Crippen LogP contribution >= 0.6 is 15.9 Å². The Bertz CT molecular complexity index is 386. The lowest BCUT2D eigenvalue weighted by Crippen LogP contribution is -2.65. The summed E-state index contributed by atoms with van der Waals surface area (Å²) >= 11 is 3.32. The first-order valence-electron chi connectivity index (χ1n) is 5.31. The zero-order valence-corrected chi connectivity index (χ0v) is 11.3. The summed E-state index contributed by atoms with van der Waals surface area (Å²) in [5.41, 5.74) is 2.85. The molecule has 0 aromatic carbocycles. The van der Waals surface area contributed by atoms with Crippen molar-refractivity contribution in [1.82, 2.24) is 20.2 Å². The average Bonchev–Trinajstić information content (AvgIpc) is 2.68. The highest BCUT2D eigenvalue weighted by Crippen LogP contribution is 2.21. The summed E-state index contributed by atoms with van der Waals surface area (Å²) in [6.45, 7) is 2.32. The summed E-state index contributed by atoms with van der Waals surface area (Å²) in [4.78, 5) is 30.7. The standard InChI is InChI=1S/C9H14BrN5O2/c1-6-11-7-14(5-3-4-10)8(16)13(2)9(17)15(7)12-6/h7H,3-5H2,1-2H3,(H,11,12). The van der Waals surface area contributed by atoms with Gasteiger partial charge in [0.2, 0.25) is 6.29 Å². The molecule has 2 aliphatic heterocycles. The molecule has 17 heavy (non-hydrogen) atoms. The van der Waals surface area contributed by atoms with Crippen molar-refractivity contribution in [1.29, 1.82) is 0 Å². The second-order valence-electron chi connectivity index (χ2n) is 3.90. The van der Waals surface area contributed by atoms with Crippen LogP contribution in [0.15, 0.2) is 4.99 Å². The second kappa shape index (κ2) is 4.52. The molecule has 0 aliphatic carbocycles. The number of hydrogen-bond acceptors (Lipinski definition) is 4. The summed E-state index contributed by atoms with van der Waals surface area (Å²) in [6.07, 6.45) is 0.261. The molecule has 94 valence electrons. The number of hydrazine groups is 1. The van der Waals surface area contributed by atoms with Crippen molar-refractivity contribution < 1.29 is 9.59 Å². The van der Waals surface area contributed by atoms with E-state index >= 15 is 0 Å². The zero-order valence-electron chi connectivity index (χ0n) is 9.68. The molecule has 0 aromatic rings. The molecule has 2 heterocycles. The van der Waals surface area contributed by atoms with Gasteiger partial charge >= 0.3 is 12.1 Å². The number of carbonyl (C=O) groups excluding carboxylic acids is 2. The van der Waals surface area contributed by atoms with Gasteiger partial charge in [-0.15, -0.1) is 0 Å². The molecule has 2 rings (SSSR count). The molecule has 1 fully saturated rings. The normalized spacial score (nSPS) is 23.8. The monoisotopic (exact) mass is 303 g/mol. The van der Waals surface area contributed by atoms with Crippen LogP contribution in [0.5, 0.6) is 0 Å². The SMILES string of the molecule is CC1=NC2N(CCCBr)C(=O)N(C)C(=O)N2N1. The van der Waals surface area contributed by atoms with Gasteiger partial charge < -0.3 is 0 Å². The van der Waals surface area contributed by atoms with E-state index in [1.54, 1.807) is 11.8 Å². The second-order valence-corrected chi connectivity index (χ2v) is 4.70. The predicted octanol–water partition coefficient (Wildman–Crippen LogP) is 0.781. The molecule has 4 amide bonds. The van der Waals surface area contributed by atoms with Gasteiger partial charge in [-0.3, -0.25) is 10.3 Å². The Morgan fingerprint density at radius 2 is 2.12 bits per heavy atom. The summed E-state index contributed by atoms with van der Waals surface area (Å²) in [6, 6.07) is -0.687. The summed E-state index contributed by atoms with van der Waals surface area (Å²) in [5, 5.41) is 2.17. The van der Waals surface area contributed by atoms with Gasteiger partial charge in [0.25, 0.3) is 0 Å². The van der Waals surface area contributed by atoms with E-state index in [1.807, 2.05) is 0 Å². The molecular formula is C9H14BrN5O2. The van der Waals surface area contributed by atoms with Gasteiger partial charge in [0.05, 0.1) is 0 Å². The highest BCUT2D eigenvalue weighted by Gasteiger charge is 2.45. The fraction of sp³-hybridized carbons (Fsp3) is 0.667. The maximum atomic E-state index is 12.0. The number of amides is 4. The molecule has 0 spiro atoms. The highest BCUT2D eigenvalue weighted by molar-refractivity contribution is 9.09. The lowest BCUT2D eigenvalue weighted by molar-refractivity contribution is 0.0370. The zero-order chi connectivity index (χ0) is 12.6. The molecule has 7 nitrogen and oxygen atoms in total. The molecule has 1 saturated heterocycles. The van der Waals surface area contributed by atoms with E-state index in [4.69, 9.17) is 0 Å². The summed E-state index contributed by atoms with van der Waals surface area (Å²) < 4.78 is 0. The van der Waals surface area contributed by atoms with Crippen molar-refractivity contribution in [3.8, 4) is 0 Å². The number of hydrogen-bond donors (Lipinski definition) is 1. The molecule has 0 bridgehead atoms. The molecule has 1 atom stereocenters. The van der Waals surface area contributed by atoms with Crippen molar-refractivity contribution in [3.05, 3.63) is 0 Å². The Morgan fingerprint density at radius 1 is 1.41 bits per heavy atom. The third-order valence-corrected chi connectivity index (χ3v) is 3.22. The number of nitrogens with zero attached hydrogens (tertiary/aromatic N) is 4. The molecule has 1 unspecified atom stereocenters. The van der Waals surface area contributed by atoms with Crippen LogP contribution < -0.4 is 5.43 Å². The summed E-state index contributed by atoms with van der Waals surface area (Å²) in [5.74, 6) is 0.635. The first-order valence-corrected chi connectivity index (χ1v) is 6.43. The Kier molecular flexibility index (Phi) is 3.23. The van der Waals surface area contributed by atoms with E-state index in [2.05, 4.69) is 26.3 Å². The number of amidine groups is 1. The van der Waals surface area contributed by atoms with E-state index in [0.717, 1.165) is 16.7 Å². The lowest BCUT2D eigenvalue weighted by Gasteiger charge is -2.40. The van der Waals surface area contributed by atoms with E-state index in [9.17, 15) is 9.59 Å². The van der Waals surface area contributed by atoms with Crippen LogP contribution in [-0.2, 0) is 0 Å². The van der Waals surface area contributed by atoms with Crippen LogP contribution in [-0.4, -0.2) is 57.9 Å². The van der Waals surface area contributed by atoms with Crippen molar-refractivity contribution in [3.63, 3.8) is 0 Å². The number of aliphatic imine (C=N–C) groups is 1. The molecule has 0 radical (unpaired) electrons. The fourth-order valence-electron chi connectivity index (χ4n) is 1.82. The van der Waals surface area contributed by atoms with E-state index in [-0.39, 0.29) is 12.1 Å². The maximum absolute atomic E-state index is 12.0. The van der Waals surface area contributed by atoms with E-state index in [0.29, 0.717) is 12.4 Å². The predicted molar refractivity (Wildman–Crippen MR) is 65.5 cm³/mol. The van der Waals surface area contributed by atoms with Gasteiger partial charge in [-0.05, 0) is 13.3 Å². The topological polar surface area (TPSA) is 68.2 Å². The van der Waals surface area contributed by atoms with Crippen molar-refractivity contribution in [2.45, 2.75) is 19.6 Å². The van der Waals surface area contributed by atoms with Crippen LogP contribution in [0.4, 0.5) is 9.59 Å². The number of rotatable bonds is 3. The quantitative estimate of drug-likeness (QED) is 0.784. The minimum absolute atomic E-state index is 0.308. The van der Waals surface area contributed by atoms with Crippen LogP contribution in [0.1, 0.15) is 13.3 Å². The van der Waals surface area contributed by atoms with Crippen LogP contribution in [0.2, 0.25) is 0 Å². The van der Waals surface area contributed by atoms with Gasteiger partial charge in [-0.1, -0.05) is 15.9 Å². The molecule has 0 aromatic heterocycles. The maximum Gasteiger partial charge on any atom is 0.350 e. The number of nitrogens with one attached hydrogen (secondary N) is 1. The van der Waals surface area contributed by atoms with Crippen LogP contribution in [0.25, 0.3) is 0 Å². The number of carbonyl (C=O) groups is 2. The first kappa shape index (κ1) is 12.2. The number of imide groups is 1. The highest BCUT2D eigenvalue weighted by atomic mass is 79.9.